The molecule has 0 bridgehead atoms. The summed E-state index contributed by atoms with van der Waals surface area (Å²) in [6.45, 7) is 0. The van der Waals surface area contributed by atoms with Gasteiger partial charge in [0.05, 0.1) is 6.04 Å². The van der Waals surface area contributed by atoms with Crippen molar-refractivity contribution in [1.82, 2.24) is 4.98 Å². The van der Waals surface area contributed by atoms with E-state index in [1.165, 1.54) is 18.2 Å². The summed E-state index contributed by atoms with van der Waals surface area (Å²) in [5.41, 5.74) is 0. The Bertz CT molecular complexity index is 354. The summed E-state index contributed by atoms with van der Waals surface area (Å²) in [6, 6.07) is 3.18. The molecule has 1 fully saturated rings. The number of halogens is 3. The number of anilines is 1. The van der Waals surface area contributed by atoms with E-state index in [2.05, 4.69) is 10.3 Å². The van der Waals surface area contributed by atoms with Gasteiger partial charge in [0, 0.05) is 6.42 Å². The molecule has 1 saturated carbocycles. The van der Waals surface area contributed by atoms with Crippen molar-refractivity contribution in [3.05, 3.63) is 24.1 Å². The quantitative estimate of drug-likeness (QED) is 0.769. The van der Waals surface area contributed by atoms with E-state index in [1.54, 1.807) is 0 Å². The highest BCUT2D eigenvalue weighted by atomic mass is 19.3. The zero-order valence-electron chi connectivity index (χ0n) is 8.01. The Hall–Kier alpha value is -1.26. The van der Waals surface area contributed by atoms with Crippen LogP contribution in [0, 0.1) is 5.95 Å². The lowest BCUT2D eigenvalue weighted by atomic mass is 10.2. The first-order valence-corrected chi connectivity index (χ1v) is 4.85. The van der Waals surface area contributed by atoms with Crippen LogP contribution in [0.25, 0.3) is 0 Å². The minimum absolute atomic E-state index is 0.111. The van der Waals surface area contributed by atoms with Crippen LogP contribution in [0.2, 0.25) is 0 Å². The fourth-order valence-electron chi connectivity index (χ4n) is 1.77. The van der Waals surface area contributed by atoms with Gasteiger partial charge in [-0.2, -0.15) is 4.39 Å². The van der Waals surface area contributed by atoms with E-state index in [0.29, 0.717) is 12.8 Å². The molecule has 1 aromatic rings. The molecule has 0 aliphatic heterocycles. The highest BCUT2D eigenvalue weighted by Gasteiger charge is 2.43. The molecule has 5 heteroatoms. The van der Waals surface area contributed by atoms with Crippen molar-refractivity contribution in [3.63, 3.8) is 0 Å². The maximum Gasteiger partial charge on any atom is 0.267 e. The average molecular weight is 216 g/mol. The van der Waals surface area contributed by atoms with E-state index in [1.807, 2.05) is 0 Å². The number of pyridine rings is 1. The first-order valence-electron chi connectivity index (χ1n) is 4.85. The van der Waals surface area contributed by atoms with Gasteiger partial charge in [0.15, 0.2) is 0 Å². The third kappa shape index (κ3) is 2.22. The maximum atomic E-state index is 13.2. The van der Waals surface area contributed by atoms with Gasteiger partial charge < -0.3 is 5.32 Å². The van der Waals surface area contributed by atoms with Gasteiger partial charge >= 0.3 is 0 Å². The molecule has 2 rings (SSSR count). The van der Waals surface area contributed by atoms with Crippen LogP contribution in [0.4, 0.5) is 19.0 Å². The molecule has 1 heterocycles. The summed E-state index contributed by atoms with van der Waals surface area (Å²) in [5.74, 6) is -3.21. The average Bonchev–Trinajstić information content (AvgIpc) is 2.46. The molecule has 1 aliphatic rings. The van der Waals surface area contributed by atoms with Crippen molar-refractivity contribution in [2.24, 2.45) is 0 Å². The minimum Gasteiger partial charge on any atom is -0.361 e. The van der Waals surface area contributed by atoms with Crippen LogP contribution in [0.15, 0.2) is 18.2 Å². The molecular weight excluding hydrogens is 205 g/mol. The van der Waals surface area contributed by atoms with Gasteiger partial charge in [-0.25, -0.2) is 13.8 Å². The molecule has 0 aromatic carbocycles. The second-order valence-corrected chi connectivity index (χ2v) is 3.70. The van der Waals surface area contributed by atoms with Crippen LogP contribution in [0.5, 0.6) is 0 Å². The number of aromatic nitrogens is 1. The standard InChI is InChI=1S/C10H11F3N2/c11-8-4-1-5-9(15-8)14-7-3-2-6-10(7,12)13/h1,4-5,7H,2-3,6H2,(H,14,15). The molecular formula is C10H11F3N2. The zero-order valence-corrected chi connectivity index (χ0v) is 8.01. The van der Waals surface area contributed by atoms with Gasteiger partial charge in [-0.1, -0.05) is 6.07 Å². The second-order valence-electron chi connectivity index (χ2n) is 3.70. The highest BCUT2D eigenvalue weighted by Crippen LogP contribution is 2.36. The van der Waals surface area contributed by atoms with E-state index < -0.39 is 17.9 Å². The van der Waals surface area contributed by atoms with Gasteiger partial charge in [0.1, 0.15) is 5.82 Å². The lowest BCUT2D eigenvalue weighted by molar-refractivity contribution is -0.000707. The number of rotatable bonds is 2. The third-order valence-corrected chi connectivity index (χ3v) is 2.55. The number of hydrogen-bond acceptors (Lipinski definition) is 2. The predicted molar refractivity (Wildman–Crippen MR) is 50.4 cm³/mol. The first-order chi connectivity index (χ1) is 7.08. The molecule has 1 unspecified atom stereocenters. The highest BCUT2D eigenvalue weighted by molar-refractivity contribution is 5.36. The Morgan fingerprint density at radius 2 is 2.20 bits per heavy atom. The summed E-state index contributed by atoms with van der Waals surface area (Å²) in [6.07, 6.45) is 0.769. The largest absolute Gasteiger partial charge is 0.361 e. The summed E-state index contributed by atoms with van der Waals surface area (Å²) >= 11 is 0. The predicted octanol–water partition coefficient (Wildman–Crippen LogP) is 2.82. The Morgan fingerprint density at radius 3 is 2.80 bits per heavy atom. The van der Waals surface area contributed by atoms with E-state index in [9.17, 15) is 13.2 Å². The molecule has 1 atom stereocenters. The number of nitrogens with zero attached hydrogens (tertiary/aromatic N) is 1. The molecule has 15 heavy (non-hydrogen) atoms. The fourth-order valence-corrected chi connectivity index (χ4v) is 1.77. The van der Waals surface area contributed by atoms with Crippen LogP contribution in [0.3, 0.4) is 0 Å². The fraction of sp³-hybridized carbons (Fsp3) is 0.500. The third-order valence-electron chi connectivity index (χ3n) is 2.55. The molecule has 0 radical (unpaired) electrons. The van der Waals surface area contributed by atoms with E-state index in [-0.39, 0.29) is 12.2 Å². The van der Waals surface area contributed by atoms with Gasteiger partial charge in [-0.3, -0.25) is 0 Å². The molecule has 1 aromatic heterocycles. The molecule has 0 spiro atoms. The monoisotopic (exact) mass is 216 g/mol. The summed E-state index contributed by atoms with van der Waals surface area (Å²) in [5, 5.41) is 2.57. The molecule has 0 amide bonds. The molecule has 0 saturated heterocycles. The molecule has 2 nitrogen and oxygen atoms in total. The van der Waals surface area contributed by atoms with E-state index in [4.69, 9.17) is 0 Å². The summed E-state index contributed by atoms with van der Waals surface area (Å²) in [7, 11) is 0. The van der Waals surface area contributed by atoms with Crippen LogP contribution in [-0.2, 0) is 0 Å². The second kappa shape index (κ2) is 3.72. The van der Waals surface area contributed by atoms with E-state index >= 15 is 0 Å². The van der Waals surface area contributed by atoms with Crippen molar-refractivity contribution in [2.45, 2.75) is 31.2 Å². The smallest absolute Gasteiger partial charge is 0.267 e. The lowest BCUT2D eigenvalue weighted by Gasteiger charge is -2.20. The van der Waals surface area contributed by atoms with Crippen molar-refractivity contribution in [1.29, 1.82) is 0 Å². The van der Waals surface area contributed by atoms with Crippen molar-refractivity contribution >= 4 is 5.82 Å². The molecule has 1 aliphatic carbocycles. The first kappa shape index (κ1) is 10.3. The maximum absolute atomic E-state index is 13.2. The van der Waals surface area contributed by atoms with Crippen LogP contribution in [0.1, 0.15) is 19.3 Å². The SMILES string of the molecule is Fc1cccc(NC2CCCC2(F)F)n1. The minimum atomic E-state index is -2.71. The molecule has 82 valence electrons. The van der Waals surface area contributed by atoms with Gasteiger partial charge in [0.25, 0.3) is 5.92 Å². The Kier molecular flexibility index (Phi) is 2.54. The van der Waals surface area contributed by atoms with Crippen molar-refractivity contribution in [3.8, 4) is 0 Å². The van der Waals surface area contributed by atoms with Crippen LogP contribution in [-0.4, -0.2) is 16.9 Å². The number of nitrogens with one attached hydrogen (secondary N) is 1. The lowest BCUT2D eigenvalue weighted by Crippen LogP contribution is -2.34. The Labute approximate surface area is 85.5 Å². The Balaban J connectivity index is 2.09. The van der Waals surface area contributed by atoms with E-state index in [0.717, 1.165) is 0 Å². The number of alkyl halides is 2. The van der Waals surface area contributed by atoms with Crippen LogP contribution >= 0.6 is 0 Å². The van der Waals surface area contributed by atoms with Gasteiger partial charge in [0.2, 0.25) is 5.95 Å². The van der Waals surface area contributed by atoms with Crippen molar-refractivity contribution < 1.29 is 13.2 Å². The van der Waals surface area contributed by atoms with Crippen LogP contribution < -0.4 is 5.32 Å². The molecule has 1 N–H and O–H groups in total. The van der Waals surface area contributed by atoms with Crippen molar-refractivity contribution in [2.75, 3.05) is 5.32 Å². The summed E-state index contributed by atoms with van der Waals surface area (Å²) < 4.78 is 39.1. The number of hydrogen-bond donors (Lipinski definition) is 1. The normalized spacial score (nSPS) is 24.1. The summed E-state index contributed by atoms with van der Waals surface area (Å²) in [4.78, 5) is 3.49. The topological polar surface area (TPSA) is 24.9 Å². The Morgan fingerprint density at radius 1 is 1.40 bits per heavy atom. The van der Waals surface area contributed by atoms with Gasteiger partial charge in [-0.05, 0) is 25.0 Å². The van der Waals surface area contributed by atoms with Gasteiger partial charge in [-0.15, -0.1) is 0 Å². The zero-order chi connectivity index (χ0) is 10.9.